The molecule has 0 heterocycles. The number of aliphatic hydroxyl groups excluding tert-OH is 1. The van der Waals surface area contributed by atoms with E-state index in [1.165, 1.54) is 6.92 Å². The quantitative estimate of drug-likeness (QED) is 0.700. The number of ether oxygens (including phenoxy) is 1. The van der Waals surface area contributed by atoms with Crippen molar-refractivity contribution in [1.82, 2.24) is 5.32 Å². The number of carbonyl (C=O) groups excluding carboxylic acids is 1. The van der Waals surface area contributed by atoms with Gasteiger partial charge in [-0.05, 0) is 25.1 Å². The molecule has 1 aromatic carbocycles. The van der Waals surface area contributed by atoms with E-state index in [4.69, 9.17) is 26.6 Å². The molecule has 7 heteroatoms. The van der Waals surface area contributed by atoms with Gasteiger partial charge in [0.25, 0.3) is 5.91 Å². The number of aliphatic hydroxyl groups is 1. The Hall–Kier alpha value is -1.79. The van der Waals surface area contributed by atoms with Crippen LogP contribution < -0.4 is 10.1 Å². The van der Waals surface area contributed by atoms with Gasteiger partial charge in [0.15, 0.2) is 6.10 Å². The van der Waals surface area contributed by atoms with Crippen molar-refractivity contribution in [3.8, 4) is 5.75 Å². The van der Waals surface area contributed by atoms with Crippen molar-refractivity contribution in [2.24, 2.45) is 0 Å². The predicted molar refractivity (Wildman–Crippen MR) is 72.8 cm³/mol. The third kappa shape index (κ3) is 5.07. The summed E-state index contributed by atoms with van der Waals surface area (Å²) in [5.41, 5.74) is 0. The summed E-state index contributed by atoms with van der Waals surface area (Å²) in [5, 5.41) is 20.4. The van der Waals surface area contributed by atoms with Crippen molar-refractivity contribution in [3.05, 3.63) is 29.3 Å². The molecule has 0 spiro atoms. The predicted octanol–water partition coefficient (Wildman–Crippen LogP) is 1.06. The highest BCUT2D eigenvalue weighted by molar-refractivity contribution is 6.30. The van der Waals surface area contributed by atoms with Gasteiger partial charge in [-0.2, -0.15) is 0 Å². The van der Waals surface area contributed by atoms with E-state index in [9.17, 15) is 9.59 Å². The number of carbonyl (C=O) groups is 2. The molecular formula is C13H16ClNO5. The molecule has 0 aliphatic carbocycles. The average Bonchev–Trinajstić information content (AvgIpc) is 2.37. The molecule has 1 amide bonds. The molecule has 0 radical (unpaired) electrons. The van der Waals surface area contributed by atoms with Gasteiger partial charge >= 0.3 is 5.97 Å². The Labute approximate surface area is 121 Å². The Morgan fingerprint density at radius 2 is 2.15 bits per heavy atom. The lowest BCUT2D eigenvalue weighted by atomic mass is 10.2. The highest BCUT2D eigenvalue weighted by atomic mass is 35.5. The molecule has 1 aromatic rings. The number of halogens is 1. The summed E-state index contributed by atoms with van der Waals surface area (Å²) in [7, 11) is 0. The van der Waals surface area contributed by atoms with Crippen molar-refractivity contribution in [3.63, 3.8) is 0 Å². The molecule has 0 saturated heterocycles. The van der Waals surface area contributed by atoms with Gasteiger partial charge in [-0.25, -0.2) is 4.79 Å². The van der Waals surface area contributed by atoms with Crippen molar-refractivity contribution in [1.29, 1.82) is 0 Å². The highest BCUT2D eigenvalue weighted by Crippen LogP contribution is 2.18. The summed E-state index contributed by atoms with van der Waals surface area (Å²) in [5.74, 6) is -1.37. The first kappa shape index (κ1) is 16.3. The summed E-state index contributed by atoms with van der Waals surface area (Å²) in [6, 6.07) is 5.39. The van der Waals surface area contributed by atoms with E-state index in [1.807, 2.05) is 0 Å². The first-order valence-electron chi connectivity index (χ1n) is 6.00. The molecule has 2 atom stereocenters. The van der Waals surface area contributed by atoms with Gasteiger partial charge in [0, 0.05) is 18.1 Å². The number of carboxylic acids is 1. The number of benzene rings is 1. The number of aliphatic carboxylic acids is 1. The summed E-state index contributed by atoms with van der Waals surface area (Å²) >= 11 is 5.79. The smallest absolute Gasteiger partial charge is 0.326 e. The van der Waals surface area contributed by atoms with Gasteiger partial charge in [0.2, 0.25) is 0 Å². The molecule has 1 rings (SSSR count). The molecule has 0 saturated carbocycles. The van der Waals surface area contributed by atoms with Gasteiger partial charge in [0.1, 0.15) is 11.8 Å². The van der Waals surface area contributed by atoms with Crippen LogP contribution >= 0.6 is 11.6 Å². The minimum atomic E-state index is -1.21. The summed E-state index contributed by atoms with van der Waals surface area (Å²) < 4.78 is 5.36. The summed E-state index contributed by atoms with van der Waals surface area (Å²) in [6.07, 6.45) is -0.945. The van der Waals surface area contributed by atoms with E-state index in [0.717, 1.165) is 0 Å². The minimum Gasteiger partial charge on any atom is -0.481 e. The Morgan fingerprint density at radius 1 is 1.45 bits per heavy atom. The lowest BCUT2D eigenvalue weighted by Crippen LogP contribution is -2.46. The van der Waals surface area contributed by atoms with Crippen LogP contribution in [0.1, 0.15) is 13.3 Å². The zero-order chi connectivity index (χ0) is 15.1. The molecule has 0 bridgehead atoms. The lowest BCUT2D eigenvalue weighted by molar-refractivity contribution is -0.143. The molecule has 1 unspecified atom stereocenters. The number of hydrogen-bond acceptors (Lipinski definition) is 4. The zero-order valence-electron chi connectivity index (χ0n) is 10.9. The third-order valence-corrected chi connectivity index (χ3v) is 2.75. The first-order valence-corrected chi connectivity index (χ1v) is 6.38. The van der Waals surface area contributed by atoms with E-state index in [1.54, 1.807) is 24.3 Å². The maximum absolute atomic E-state index is 11.8. The van der Waals surface area contributed by atoms with E-state index in [0.29, 0.717) is 10.8 Å². The SMILES string of the molecule is CC(Oc1cccc(Cl)c1)C(=O)N[C@H](CCO)C(=O)O. The van der Waals surface area contributed by atoms with Crippen LogP contribution in [-0.4, -0.2) is 40.8 Å². The van der Waals surface area contributed by atoms with Gasteiger partial charge in [-0.1, -0.05) is 17.7 Å². The molecule has 110 valence electrons. The van der Waals surface area contributed by atoms with Gasteiger partial charge in [0.05, 0.1) is 0 Å². The molecular weight excluding hydrogens is 286 g/mol. The second-order valence-corrected chi connectivity index (χ2v) is 4.57. The van der Waals surface area contributed by atoms with Crippen molar-refractivity contribution >= 4 is 23.5 Å². The number of amides is 1. The fourth-order valence-electron chi connectivity index (χ4n) is 1.47. The average molecular weight is 302 g/mol. The lowest BCUT2D eigenvalue weighted by Gasteiger charge is -2.18. The second-order valence-electron chi connectivity index (χ2n) is 4.13. The Balaban J connectivity index is 2.60. The molecule has 6 nitrogen and oxygen atoms in total. The van der Waals surface area contributed by atoms with E-state index < -0.39 is 24.0 Å². The van der Waals surface area contributed by atoms with E-state index in [2.05, 4.69) is 5.32 Å². The highest BCUT2D eigenvalue weighted by Gasteiger charge is 2.23. The van der Waals surface area contributed by atoms with Crippen LogP contribution in [0.25, 0.3) is 0 Å². The van der Waals surface area contributed by atoms with E-state index >= 15 is 0 Å². The van der Waals surface area contributed by atoms with E-state index in [-0.39, 0.29) is 13.0 Å². The maximum atomic E-state index is 11.8. The van der Waals surface area contributed by atoms with Crippen molar-refractivity contribution < 1.29 is 24.5 Å². The molecule has 3 N–H and O–H groups in total. The number of rotatable bonds is 7. The fraction of sp³-hybridized carbons (Fsp3) is 0.385. The van der Waals surface area contributed by atoms with Gasteiger partial charge in [-0.15, -0.1) is 0 Å². The minimum absolute atomic E-state index is 0.0645. The second kappa shape index (κ2) is 7.72. The Kier molecular flexibility index (Phi) is 6.27. The van der Waals surface area contributed by atoms with Crippen LogP contribution in [0.5, 0.6) is 5.75 Å². The van der Waals surface area contributed by atoms with Crippen LogP contribution in [0.4, 0.5) is 0 Å². The maximum Gasteiger partial charge on any atom is 0.326 e. The normalized spacial score (nSPS) is 13.3. The number of hydrogen-bond donors (Lipinski definition) is 3. The Morgan fingerprint density at radius 3 is 2.70 bits per heavy atom. The number of carboxylic acid groups (broad SMARTS) is 1. The van der Waals surface area contributed by atoms with Crippen LogP contribution in [0, 0.1) is 0 Å². The standard InChI is InChI=1S/C13H16ClNO5/c1-8(20-10-4-2-3-9(14)7-10)12(17)15-11(5-6-16)13(18)19/h2-4,7-8,11,16H,5-6H2,1H3,(H,15,17)(H,18,19)/t8?,11-/m1/s1. The molecule has 0 aliphatic rings. The number of nitrogens with one attached hydrogen (secondary N) is 1. The largest absolute Gasteiger partial charge is 0.481 e. The zero-order valence-corrected chi connectivity index (χ0v) is 11.6. The molecule has 0 aromatic heterocycles. The van der Waals surface area contributed by atoms with Crippen LogP contribution in [0.15, 0.2) is 24.3 Å². The van der Waals surface area contributed by atoms with Crippen molar-refractivity contribution in [2.45, 2.75) is 25.5 Å². The summed E-state index contributed by atoms with van der Waals surface area (Å²) in [4.78, 5) is 22.7. The van der Waals surface area contributed by atoms with Crippen LogP contribution in [0.3, 0.4) is 0 Å². The summed E-state index contributed by atoms with van der Waals surface area (Å²) in [6.45, 7) is 1.16. The van der Waals surface area contributed by atoms with Gasteiger partial charge < -0.3 is 20.3 Å². The molecule has 20 heavy (non-hydrogen) atoms. The van der Waals surface area contributed by atoms with Crippen LogP contribution in [-0.2, 0) is 9.59 Å². The Bertz CT molecular complexity index is 480. The fourth-order valence-corrected chi connectivity index (χ4v) is 1.65. The molecule has 0 fully saturated rings. The third-order valence-electron chi connectivity index (χ3n) is 2.51. The first-order chi connectivity index (χ1) is 9.43. The van der Waals surface area contributed by atoms with Crippen LogP contribution in [0.2, 0.25) is 5.02 Å². The monoisotopic (exact) mass is 301 g/mol. The van der Waals surface area contributed by atoms with Crippen molar-refractivity contribution in [2.75, 3.05) is 6.61 Å². The van der Waals surface area contributed by atoms with Gasteiger partial charge in [-0.3, -0.25) is 4.79 Å². The topological polar surface area (TPSA) is 95.9 Å². The molecule has 0 aliphatic heterocycles.